The summed E-state index contributed by atoms with van der Waals surface area (Å²) < 4.78 is 11.3. The molecule has 2 atom stereocenters. The molecule has 0 saturated heterocycles. The van der Waals surface area contributed by atoms with E-state index in [4.69, 9.17) is 9.47 Å². The van der Waals surface area contributed by atoms with E-state index in [0.717, 1.165) is 5.56 Å². The second kappa shape index (κ2) is 7.62. The van der Waals surface area contributed by atoms with Crippen molar-refractivity contribution in [3.05, 3.63) is 48.0 Å². The third-order valence-corrected chi connectivity index (χ3v) is 3.51. The molecule has 1 N–H and O–H groups in total. The molecule has 1 aromatic carbocycles. The lowest BCUT2D eigenvalue weighted by Gasteiger charge is -2.37. The fourth-order valence-electron chi connectivity index (χ4n) is 2.42. The zero-order valence-electron chi connectivity index (χ0n) is 13.9. The number of nitrogens with zero attached hydrogens (tertiary/aromatic N) is 1. The van der Waals surface area contributed by atoms with Gasteiger partial charge in [-0.1, -0.05) is 42.5 Å². The molecule has 1 amide bonds. The number of rotatable bonds is 4. The number of aliphatic hydroxyl groups is 1. The summed E-state index contributed by atoms with van der Waals surface area (Å²) in [5.41, 5.74) is 0.477. The predicted octanol–water partition coefficient (Wildman–Crippen LogP) is 2.74. The molecular formula is C18H25NO4. The van der Waals surface area contributed by atoms with Crippen molar-refractivity contribution in [2.45, 2.75) is 45.1 Å². The van der Waals surface area contributed by atoms with E-state index >= 15 is 0 Å². The Labute approximate surface area is 137 Å². The van der Waals surface area contributed by atoms with Gasteiger partial charge in [0.15, 0.2) is 0 Å². The zero-order valence-corrected chi connectivity index (χ0v) is 13.9. The first-order valence-corrected chi connectivity index (χ1v) is 7.83. The van der Waals surface area contributed by atoms with Crippen molar-refractivity contribution in [3.63, 3.8) is 0 Å². The Kier molecular flexibility index (Phi) is 5.80. The van der Waals surface area contributed by atoms with Gasteiger partial charge in [0.05, 0.1) is 25.4 Å². The Bertz CT molecular complexity index is 536. The first-order valence-electron chi connectivity index (χ1n) is 7.83. The fraction of sp³-hybridized carbons (Fsp3) is 0.500. The Hall–Kier alpha value is -1.85. The van der Waals surface area contributed by atoms with Crippen molar-refractivity contribution in [3.8, 4) is 0 Å². The standard InChI is InChI=1S/C18H25NO4/c1-18(2,3)23-17(21)19-11-7-10-16(15(19)12-20)22-13-14-8-5-4-6-9-14/h4-10,15-16,20H,11-13H2,1-3H3/t15-,16+/m0/s1. The Morgan fingerprint density at radius 1 is 1.30 bits per heavy atom. The van der Waals surface area contributed by atoms with Gasteiger partial charge in [0.1, 0.15) is 5.60 Å². The van der Waals surface area contributed by atoms with E-state index < -0.39 is 17.7 Å². The lowest BCUT2D eigenvalue weighted by molar-refractivity contribution is -0.0356. The molecule has 0 unspecified atom stereocenters. The molecule has 0 aliphatic carbocycles. The number of benzene rings is 1. The van der Waals surface area contributed by atoms with Gasteiger partial charge >= 0.3 is 6.09 Å². The maximum Gasteiger partial charge on any atom is 0.411 e. The van der Waals surface area contributed by atoms with Crippen molar-refractivity contribution < 1.29 is 19.4 Å². The van der Waals surface area contributed by atoms with Crippen LogP contribution in [0.1, 0.15) is 26.3 Å². The third-order valence-electron chi connectivity index (χ3n) is 3.51. The van der Waals surface area contributed by atoms with Gasteiger partial charge in [-0.25, -0.2) is 4.79 Å². The molecule has 0 radical (unpaired) electrons. The van der Waals surface area contributed by atoms with Crippen LogP contribution in [0.5, 0.6) is 0 Å². The number of hydrogen-bond donors (Lipinski definition) is 1. The van der Waals surface area contributed by atoms with E-state index in [1.54, 1.807) is 0 Å². The van der Waals surface area contributed by atoms with Crippen LogP contribution in [0.3, 0.4) is 0 Å². The van der Waals surface area contributed by atoms with Crippen LogP contribution < -0.4 is 0 Å². The highest BCUT2D eigenvalue weighted by Gasteiger charge is 2.34. The SMILES string of the molecule is CC(C)(C)OC(=O)N1CC=C[C@@H](OCc2ccccc2)[C@@H]1CO. The van der Waals surface area contributed by atoms with Gasteiger partial charge in [0, 0.05) is 6.54 Å². The van der Waals surface area contributed by atoms with E-state index in [9.17, 15) is 9.90 Å². The van der Waals surface area contributed by atoms with E-state index in [1.807, 2.05) is 63.3 Å². The number of ether oxygens (including phenoxy) is 2. The molecule has 5 heteroatoms. The monoisotopic (exact) mass is 319 g/mol. The van der Waals surface area contributed by atoms with Gasteiger partial charge in [-0.2, -0.15) is 0 Å². The molecule has 2 rings (SSSR count). The molecule has 1 aliphatic rings. The molecule has 0 spiro atoms. The quantitative estimate of drug-likeness (QED) is 0.867. The third kappa shape index (κ3) is 5.08. The first kappa shape index (κ1) is 17.5. The Balaban J connectivity index is 2.01. The fourth-order valence-corrected chi connectivity index (χ4v) is 2.42. The van der Waals surface area contributed by atoms with Crippen molar-refractivity contribution >= 4 is 6.09 Å². The maximum absolute atomic E-state index is 12.3. The van der Waals surface area contributed by atoms with Gasteiger partial charge in [-0.05, 0) is 26.3 Å². The van der Waals surface area contributed by atoms with Crippen LogP contribution in [0.4, 0.5) is 4.79 Å². The van der Waals surface area contributed by atoms with Gasteiger partial charge in [-0.15, -0.1) is 0 Å². The molecule has 23 heavy (non-hydrogen) atoms. The smallest absolute Gasteiger partial charge is 0.411 e. The zero-order chi connectivity index (χ0) is 16.9. The normalized spacial score (nSPS) is 21.3. The summed E-state index contributed by atoms with van der Waals surface area (Å²) in [6, 6.07) is 9.36. The average molecular weight is 319 g/mol. The van der Waals surface area contributed by atoms with Crippen LogP contribution in [0, 0.1) is 0 Å². The summed E-state index contributed by atoms with van der Waals surface area (Å²) in [5, 5.41) is 9.71. The van der Waals surface area contributed by atoms with Crippen molar-refractivity contribution in [1.82, 2.24) is 4.90 Å². The van der Waals surface area contributed by atoms with E-state index in [0.29, 0.717) is 13.2 Å². The summed E-state index contributed by atoms with van der Waals surface area (Å²) in [5.74, 6) is 0. The summed E-state index contributed by atoms with van der Waals surface area (Å²) in [4.78, 5) is 13.8. The molecule has 126 valence electrons. The highest BCUT2D eigenvalue weighted by Crippen LogP contribution is 2.20. The summed E-state index contributed by atoms with van der Waals surface area (Å²) in [6.45, 7) is 6.12. The molecule has 0 fully saturated rings. The van der Waals surface area contributed by atoms with E-state index in [-0.39, 0.29) is 12.7 Å². The number of carbonyl (C=O) groups excluding carboxylic acids is 1. The van der Waals surface area contributed by atoms with Gasteiger partial charge in [0.2, 0.25) is 0 Å². The molecule has 1 heterocycles. The molecule has 0 bridgehead atoms. The highest BCUT2D eigenvalue weighted by molar-refractivity contribution is 5.69. The Morgan fingerprint density at radius 3 is 2.61 bits per heavy atom. The number of amides is 1. The topological polar surface area (TPSA) is 59.0 Å². The molecular weight excluding hydrogens is 294 g/mol. The molecule has 0 aromatic heterocycles. The lowest BCUT2D eigenvalue weighted by atomic mass is 10.1. The van der Waals surface area contributed by atoms with Crippen LogP contribution >= 0.6 is 0 Å². The summed E-state index contributed by atoms with van der Waals surface area (Å²) in [7, 11) is 0. The van der Waals surface area contributed by atoms with Gasteiger partial charge in [0.25, 0.3) is 0 Å². The molecule has 5 nitrogen and oxygen atoms in total. The van der Waals surface area contributed by atoms with Crippen molar-refractivity contribution in [2.75, 3.05) is 13.2 Å². The Morgan fingerprint density at radius 2 is 2.00 bits per heavy atom. The largest absolute Gasteiger partial charge is 0.444 e. The minimum atomic E-state index is -0.571. The molecule has 1 aliphatic heterocycles. The van der Waals surface area contributed by atoms with E-state index in [1.165, 1.54) is 4.90 Å². The minimum Gasteiger partial charge on any atom is -0.444 e. The minimum absolute atomic E-state index is 0.178. The van der Waals surface area contributed by atoms with Crippen molar-refractivity contribution in [1.29, 1.82) is 0 Å². The molecule has 1 aromatic rings. The summed E-state index contributed by atoms with van der Waals surface area (Å²) in [6.07, 6.45) is 2.96. The maximum atomic E-state index is 12.3. The first-order chi connectivity index (χ1) is 10.9. The van der Waals surface area contributed by atoms with Crippen LogP contribution in [0.15, 0.2) is 42.5 Å². The average Bonchev–Trinajstić information content (AvgIpc) is 2.51. The lowest BCUT2D eigenvalue weighted by Crippen LogP contribution is -2.53. The van der Waals surface area contributed by atoms with Crippen LogP contribution in [0.25, 0.3) is 0 Å². The van der Waals surface area contributed by atoms with Crippen LogP contribution in [-0.2, 0) is 16.1 Å². The van der Waals surface area contributed by atoms with Gasteiger partial charge < -0.3 is 14.6 Å². The summed E-state index contributed by atoms with van der Waals surface area (Å²) >= 11 is 0. The second-order valence-electron chi connectivity index (χ2n) is 6.57. The van der Waals surface area contributed by atoms with E-state index in [2.05, 4.69) is 0 Å². The number of hydrogen-bond acceptors (Lipinski definition) is 4. The molecule has 0 saturated carbocycles. The highest BCUT2D eigenvalue weighted by atomic mass is 16.6. The predicted molar refractivity (Wildman–Crippen MR) is 88.0 cm³/mol. The van der Waals surface area contributed by atoms with Crippen molar-refractivity contribution in [2.24, 2.45) is 0 Å². The van der Waals surface area contributed by atoms with Crippen LogP contribution in [-0.4, -0.2) is 47.0 Å². The second-order valence-corrected chi connectivity index (χ2v) is 6.57. The van der Waals surface area contributed by atoms with Crippen LogP contribution in [0.2, 0.25) is 0 Å². The number of aliphatic hydroxyl groups excluding tert-OH is 1. The van der Waals surface area contributed by atoms with Gasteiger partial charge in [-0.3, -0.25) is 4.90 Å². The number of carbonyl (C=O) groups is 1.